The number of amides is 1. The van der Waals surface area contributed by atoms with Crippen molar-refractivity contribution in [1.29, 1.82) is 0 Å². The normalized spacial score (nSPS) is 10.6. The van der Waals surface area contributed by atoms with E-state index in [2.05, 4.69) is 20.6 Å². The van der Waals surface area contributed by atoms with Gasteiger partial charge in [0.05, 0.1) is 11.9 Å². The summed E-state index contributed by atoms with van der Waals surface area (Å²) in [5, 5.41) is 5.98. The van der Waals surface area contributed by atoms with Gasteiger partial charge in [-0.15, -0.1) is 0 Å². The van der Waals surface area contributed by atoms with Crippen LogP contribution in [0.25, 0.3) is 11.3 Å². The first kappa shape index (κ1) is 22.0. The molecule has 7 heteroatoms. The first-order valence-corrected chi connectivity index (χ1v) is 10.6. The van der Waals surface area contributed by atoms with Crippen molar-refractivity contribution in [3.8, 4) is 22.8 Å². The van der Waals surface area contributed by atoms with Crippen LogP contribution in [0.1, 0.15) is 21.6 Å². The molecule has 7 nitrogen and oxygen atoms in total. The third-order valence-corrected chi connectivity index (χ3v) is 5.03. The van der Waals surface area contributed by atoms with Gasteiger partial charge in [-0.25, -0.2) is 9.97 Å². The Morgan fingerprint density at radius 3 is 2.39 bits per heavy atom. The van der Waals surface area contributed by atoms with Gasteiger partial charge in [0.15, 0.2) is 11.5 Å². The number of nitrogens with two attached hydrogens (primary N) is 1. The third-order valence-electron chi connectivity index (χ3n) is 5.03. The molecular formula is C26H25N5O2. The first-order valence-electron chi connectivity index (χ1n) is 10.6. The summed E-state index contributed by atoms with van der Waals surface area (Å²) >= 11 is 0. The summed E-state index contributed by atoms with van der Waals surface area (Å²) < 4.78 is 5.84. The molecule has 4 N–H and O–H groups in total. The van der Waals surface area contributed by atoms with Gasteiger partial charge in [-0.2, -0.15) is 0 Å². The minimum Gasteiger partial charge on any atom is -0.457 e. The summed E-state index contributed by atoms with van der Waals surface area (Å²) in [7, 11) is 1.53. The van der Waals surface area contributed by atoms with Crippen molar-refractivity contribution < 1.29 is 9.53 Å². The Morgan fingerprint density at radius 1 is 0.909 bits per heavy atom. The molecule has 0 spiro atoms. The zero-order chi connectivity index (χ0) is 23.0. The van der Waals surface area contributed by atoms with Gasteiger partial charge in [0, 0.05) is 25.7 Å². The second-order valence-corrected chi connectivity index (χ2v) is 7.43. The van der Waals surface area contributed by atoms with Gasteiger partial charge in [0.1, 0.15) is 11.5 Å². The van der Waals surface area contributed by atoms with Crippen LogP contribution in [-0.4, -0.2) is 22.9 Å². The number of carbonyl (C=O) groups excluding carboxylic acids is 1. The second-order valence-electron chi connectivity index (χ2n) is 7.43. The maximum atomic E-state index is 12.0. The first-order chi connectivity index (χ1) is 16.1. The third kappa shape index (κ3) is 5.72. The van der Waals surface area contributed by atoms with Gasteiger partial charge in [-0.3, -0.25) is 4.79 Å². The van der Waals surface area contributed by atoms with Gasteiger partial charge in [0.2, 0.25) is 0 Å². The van der Waals surface area contributed by atoms with Gasteiger partial charge >= 0.3 is 0 Å². The number of nitrogen functional groups attached to an aromatic ring is 1. The monoisotopic (exact) mass is 439 g/mol. The van der Waals surface area contributed by atoms with Crippen LogP contribution >= 0.6 is 0 Å². The van der Waals surface area contributed by atoms with Crippen molar-refractivity contribution in [1.82, 2.24) is 20.6 Å². The summed E-state index contributed by atoms with van der Waals surface area (Å²) in [5.74, 6) is 1.37. The van der Waals surface area contributed by atoms with E-state index < -0.39 is 0 Å². The fraction of sp³-hybridized carbons (Fsp3) is 0.115. The number of ether oxygens (including phenoxy) is 1. The van der Waals surface area contributed by atoms with Crippen molar-refractivity contribution >= 4 is 11.7 Å². The SMILES string of the molecule is CNC(=O)c1nc(-c2cccc(CNCc3ccc(Oc4ccccc4)cc3)c2)cnc1N. The predicted octanol–water partition coefficient (Wildman–Crippen LogP) is 4.17. The van der Waals surface area contributed by atoms with Crippen LogP contribution < -0.4 is 21.1 Å². The molecule has 0 bridgehead atoms. The standard InChI is InChI=1S/C26H25N5O2/c1-28-26(32)24-25(27)30-17-23(31-24)20-7-5-6-19(14-20)16-29-15-18-10-12-22(13-11-18)33-21-8-3-2-4-9-21/h2-14,17,29H,15-16H2,1H3,(H2,27,30)(H,28,32). The Balaban J connectivity index is 1.36. The van der Waals surface area contributed by atoms with Crippen LogP contribution in [-0.2, 0) is 13.1 Å². The Labute approximate surface area is 192 Å². The topological polar surface area (TPSA) is 102 Å². The molecular weight excluding hydrogens is 414 g/mol. The number of nitrogens with zero attached hydrogens (tertiary/aromatic N) is 2. The summed E-state index contributed by atoms with van der Waals surface area (Å²) in [6.45, 7) is 1.40. The van der Waals surface area contributed by atoms with Crippen molar-refractivity contribution in [2.24, 2.45) is 0 Å². The van der Waals surface area contributed by atoms with Crippen LogP contribution in [0.2, 0.25) is 0 Å². The molecule has 0 aliphatic rings. The predicted molar refractivity (Wildman–Crippen MR) is 129 cm³/mol. The molecule has 166 valence electrons. The highest BCUT2D eigenvalue weighted by molar-refractivity contribution is 5.96. The van der Waals surface area contributed by atoms with Crippen LogP contribution in [0.5, 0.6) is 11.5 Å². The molecule has 0 saturated carbocycles. The lowest BCUT2D eigenvalue weighted by Gasteiger charge is -2.10. The fourth-order valence-electron chi connectivity index (χ4n) is 3.31. The summed E-state index contributed by atoms with van der Waals surface area (Å²) in [4.78, 5) is 20.5. The molecule has 0 unspecified atom stereocenters. The van der Waals surface area contributed by atoms with E-state index in [1.165, 1.54) is 7.05 Å². The molecule has 1 amide bonds. The maximum Gasteiger partial charge on any atom is 0.273 e. The van der Waals surface area contributed by atoms with E-state index >= 15 is 0 Å². The highest BCUT2D eigenvalue weighted by Crippen LogP contribution is 2.22. The number of anilines is 1. The largest absolute Gasteiger partial charge is 0.457 e. The van der Waals surface area contributed by atoms with Crippen molar-refractivity contribution in [3.05, 3.63) is 102 Å². The number of para-hydroxylation sites is 1. The minimum atomic E-state index is -0.361. The average molecular weight is 440 g/mol. The Morgan fingerprint density at radius 2 is 1.64 bits per heavy atom. The van der Waals surface area contributed by atoms with Crippen molar-refractivity contribution in [2.75, 3.05) is 12.8 Å². The number of hydrogen-bond acceptors (Lipinski definition) is 6. The molecule has 1 aromatic heterocycles. The van der Waals surface area contributed by atoms with Crippen molar-refractivity contribution in [2.45, 2.75) is 13.1 Å². The van der Waals surface area contributed by atoms with E-state index in [-0.39, 0.29) is 17.4 Å². The average Bonchev–Trinajstić information content (AvgIpc) is 2.86. The van der Waals surface area contributed by atoms with E-state index in [0.29, 0.717) is 12.2 Å². The van der Waals surface area contributed by atoms with Crippen LogP contribution in [0.4, 0.5) is 5.82 Å². The minimum absolute atomic E-state index is 0.108. The smallest absolute Gasteiger partial charge is 0.273 e. The van der Waals surface area contributed by atoms with E-state index in [4.69, 9.17) is 10.5 Å². The molecule has 4 rings (SSSR count). The van der Waals surface area contributed by atoms with Crippen LogP contribution in [0, 0.1) is 0 Å². The number of rotatable bonds is 8. The zero-order valence-corrected chi connectivity index (χ0v) is 18.3. The highest BCUT2D eigenvalue weighted by Gasteiger charge is 2.13. The van der Waals surface area contributed by atoms with Crippen LogP contribution in [0.3, 0.4) is 0 Å². The molecule has 1 heterocycles. The molecule has 0 aliphatic heterocycles. The lowest BCUT2D eigenvalue weighted by molar-refractivity contribution is 0.0959. The number of carbonyl (C=O) groups is 1. The van der Waals surface area contributed by atoms with E-state index in [1.807, 2.05) is 78.9 Å². The van der Waals surface area contributed by atoms with E-state index in [9.17, 15) is 4.79 Å². The summed E-state index contributed by atoms with van der Waals surface area (Å²) in [6, 6.07) is 25.7. The van der Waals surface area contributed by atoms with Gasteiger partial charge in [0.25, 0.3) is 5.91 Å². The molecule has 4 aromatic rings. The zero-order valence-electron chi connectivity index (χ0n) is 18.3. The van der Waals surface area contributed by atoms with E-state index in [0.717, 1.165) is 34.7 Å². The maximum absolute atomic E-state index is 12.0. The van der Waals surface area contributed by atoms with Gasteiger partial charge < -0.3 is 21.1 Å². The molecule has 0 aliphatic carbocycles. The fourth-order valence-corrected chi connectivity index (χ4v) is 3.31. The number of aromatic nitrogens is 2. The number of nitrogens with one attached hydrogen (secondary N) is 2. The van der Waals surface area contributed by atoms with Gasteiger partial charge in [-0.1, -0.05) is 48.5 Å². The molecule has 0 saturated heterocycles. The summed E-state index contributed by atoms with van der Waals surface area (Å²) in [6.07, 6.45) is 1.58. The summed E-state index contributed by atoms with van der Waals surface area (Å²) in [5.41, 5.74) is 9.63. The van der Waals surface area contributed by atoms with Gasteiger partial charge in [-0.05, 0) is 41.5 Å². The lowest BCUT2D eigenvalue weighted by atomic mass is 10.1. The Bertz CT molecular complexity index is 1230. The van der Waals surface area contributed by atoms with Crippen LogP contribution in [0.15, 0.2) is 85.1 Å². The molecule has 0 radical (unpaired) electrons. The molecule has 0 atom stereocenters. The molecule has 3 aromatic carbocycles. The van der Waals surface area contributed by atoms with E-state index in [1.54, 1.807) is 6.20 Å². The lowest BCUT2D eigenvalue weighted by Crippen LogP contribution is -2.21. The van der Waals surface area contributed by atoms with Crippen molar-refractivity contribution in [3.63, 3.8) is 0 Å². The quantitative estimate of drug-likeness (QED) is 0.381. The second kappa shape index (κ2) is 10.4. The molecule has 0 fully saturated rings. The Kier molecular flexibility index (Phi) is 6.92. The highest BCUT2D eigenvalue weighted by atomic mass is 16.5. The number of hydrogen-bond donors (Lipinski definition) is 3. The Hall–Kier alpha value is -4.23. The molecule has 33 heavy (non-hydrogen) atoms. The number of benzene rings is 3.